The summed E-state index contributed by atoms with van der Waals surface area (Å²) in [6, 6.07) is 13.9. The highest BCUT2D eigenvalue weighted by Gasteiger charge is 2.25. The Hall–Kier alpha value is -2.74. The zero-order valence-electron chi connectivity index (χ0n) is 15.8. The van der Waals surface area contributed by atoms with Crippen molar-refractivity contribution in [3.8, 4) is 11.5 Å². The molecule has 1 N–H and O–H groups in total. The number of sulfonamides is 1. The van der Waals surface area contributed by atoms with Gasteiger partial charge in [0.05, 0.1) is 32.2 Å². The molecule has 0 aliphatic heterocycles. The minimum atomic E-state index is -3.73. The van der Waals surface area contributed by atoms with Crippen LogP contribution in [0.3, 0.4) is 0 Å². The molecule has 1 amide bonds. The van der Waals surface area contributed by atoms with Crippen LogP contribution < -0.4 is 19.1 Å². The molecule has 0 saturated carbocycles. The van der Waals surface area contributed by atoms with Gasteiger partial charge in [-0.25, -0.2) is 8.42 Å². The van der Waals surface area contributed by atoms with Gasteiger partial charge in [-0.3, -0.25) is 9.10 Å². The van der Waals surface area contributed by atoms with Crippen LogP contribution >= 0.6 is 0 Å². The van der Waals surface area contributed by atoms with Gasteiger partial charge in [0, 0.05) is 6.07 Å². The molecule has 0 heterocycles. The fourth-order valence-electron chi connectivity index (χ4n) is 2.62. The van der Waals surface area contributed by atoms with Gasteiger partial charge in [0.25, 0.3) is 0 Å². The molecule has 2 aromatic carbocycles. The van der Waals surface area contributed by atoms with Gasteiger partial charge in [0.1, 0.15) is 18.0 Å². The van der Waals surface area contributed by atoms with Crippen LogP contribution in [0, 0.1) is 0 Å². The molecule has 1 atom stereocenters. The van der Waals surface area contributed by atoms with Crippen LogP contribution in [0.2, 0.25) is 0 Å². The maximum Gasteiger partial charge on any atom is 0.241 e. The van der Waals surface area contributed by atoms with Crippen molar-refractivity contribution < 1.29 is 22.7 Å². The molecule has 8 heteroatoms. The Balaban J connectivity index is 2.27. The summed E-state index contributed by atoms with van der Waals surface area (Å²) in [4.78, 5) is 12.5. The minimum Gasteiger partial charge on any atom is -0.497 e. The van der Waals surface area contributed by atoms with Crippen LogP contribution in [0.15, 0.2) is 48.5 Å². The van der Waals surface area contributed by atoms with E-state index in [0.29, 0.717) is 11.5 Å². The number of carbonyl (C=O) groups is 1. The number of rotatable bonds is 8. The highest BCUT2D eigenvalue weighted by molar-refractivity contribution is 7.92. The van der Waals surface area contributed by atoms with Crippen LogP contribution in [0.1, 0.15) is 18.5 Å². The Kier molecular flexibility index (Phi) is 6.68. The van der Waals surface area contributed by atoms with E-state index in [1.807, 2.05) is 37.3 Å². The molecule has 2 rings (SSSR count). The first-order valence-electron chi connectivity index (χ1n) is 8.30. The first-order chi connectivity index (χ1) is 12.8. The number of hydrogen-bond donors (Lipinski definition) is 1. The molecule has 0 radical (unpaired) electrons. The predicted octanol–water partition coefficient (Wildman–Crippen LogP) is 2.35. The number of amides is 1. The van der Waals surface area contributed by atoms with E-state index >= 15 is 0 Å². The first-order valence-corrected chi connectivity index (χ1v) is 10.1. The lowest BCUT2D eigenvalue weighted by atomic mass is 10.1. The average molecular weight is 392 g/mol. The molecule has 0 aromatic heterocycles. The summed E-state index contributed by atoms with van der Waals surface area (Å²) >= 11 is 0. The van der Waals surface area contributed by atoms with E-state index < -0.39 is 15.9 Å². The lowest BCUT2D eigenvalue weighted by Crippen LogP contribution is -2.41. The summed E-state index contributed by atoms with van der Waals surface area (Å²) in [7, 11) is -0.823. The highest BCUT2D eigenvalue weighted by Crippen LogP contribution is 2.33. The van der Waals surface area contributed by atoms with Crippen LogP contribution in [-0.4, -0.2) is 41.3 Å². The standard InChI is InChI=1S/C19H24N2O5S/c1-14(15-8-6-5-7-9-15)20-19(22)13-21(27(4,23)24)17-12-16(25-2)10-11-18(17)26-3/h5-12,14H,13H2,1-4H3,(H,20,22)/t14-/m0/s1. The molecule has 2 aromatic rings. The van der Waals surface area contributed by atoms with Crippen molar-refractivity contribution >= 4 is 21.6 Å². The molecular formula is C19H24N2O5S. The van der Waals surface area contributed by atoms with Crippen molar-refractivity contribution in [1.29, 1.82) is 0 Å². The fourth-order valence-corrected chi connectivity index (χ4v) is 3.47. The number of benzene rings is 2. The van der Waals surface area contributed by atoms with Crippen molar-refractivity contribution in [3.63, 3.8) is 0 Å². The molecule has 146 valence electrons. The Bertz CT molecular complexity index is 884. The summed E-state index contributed by atoms with van der Waals surface area (Å²) < 4.78 is 36.1. The number of nitrogens with zero attached hydrogens (tertiary/aromatic N) is 1. The van der Waals surface area contributed by atoms with E-state index in [1.54, 1.807) is 12.1 Å². The molecule has 0 fully saturated rings. The summed E-state index contributed by atoms with van der Waals surface area (Å²) in [5.74, 6) is 0.351. The fraction of sp³-hybridized carbons (Fsp3) is 0.316. The third-order valence-corrected chi connectivity index (χ3v) is 5.15. The minimum absolute atomic E-state index is 0.238. The van der Waals surface area contributed by atoms with E-state index in [-0.39, 0.29) is 18.3 Å². The van der Waals surface area contributed by atoms with Crippen molar-refractivity contribution in [2.24, 2.45) is 0 Å². The Labute approximate surface area is 160 Å². The normalized spacial score (nSPS) is 12.1. The Morgan fingerprint density at radius 2 is 1.78 bits per heavy atom. The van der Waals surface area contributed by atoms with Gasteiger partial charge in [-0.1, -0.05) is 30.3 Å². The topological polar surface area (TPSA) is 84.9 Å². The zero-order chi connectivity index (χ0) is 20.0. The maximum absolute atomic E-state index is 12.5. The van der Waals surface area contributed by atoms with E-state index in [1.165, 1.54) is 20.3 Å². The second kappa shape index (κ2) is 8.77. The van der Waals surface area contributed by atoms with Crippen molar-refractivity contribution in [2.45, 2.75) is 13.0 Å². The second-order valence-corrected chi connectivity index (χ2v) is 7.91. The monoisotopic (exact) mass is 392 g/mol. The SMILES string of the molecule is COc1ccc(OC)c(N(CC(=O)N[C@@H](C)c2ccccc2)S(C)(=O)=O)c1. The number of nitrogens with one attached hydrogen (secondary N) is 1. The first kappa shape index (κ1) is 20.6. The molecule has 0 aliphatic carbocycles. The van der Waals surface area contributed by atoms with Crippen molar-refractivity contribution in [1.82, 2.24) is 5.32 Å². The molecule has 27 heavy (non-hydrogen) atoms. The molecule has 0 aliphatic rings. The molecule has 0 spiro atoms. The Morgan fingerprint density at radius 1 is 1.11 bits per heavy atom. The zero-order valence-corrected chi connectivity index (χ0v) is 16.6. The second-order valence-electron chi connectivity index (χ2n) is 6.01. The van der Waals surface area contributed by atoms with Gasteiger partial charge in [0.15, 0.2) is 0 Å². The predicted molar refractivity (Wildman–Crippen MR) is 105 cm³/mol. The van der Waals surface area contributed by atoms with Crippen LogP contribution in [-0.2, 0) is 14.8 Å². The Morgan fingerprint density at radius 3 is 2.33 bits per heavy atom. The van der Waals surface area contributed by atoms with E-state index in [9.17, 15) is 13.2 Å². The largest absolute Gasteiger partial charge is 0.497 e. The van der Waals surface area contributed by atoms with Gasteiger partial charge < -0.3 is 14.8 Å². The quantitative estimate of drug-likeness (QED) is 0.745. The maximum atomic E-state index is 12.5. The highest BCUT2D eigenvalue weighted by atomic mass is 32.2. The number of anilines is 1. The molecular weight excluding hydrogens is 368 g/mol. The van der Waals surface area contributed by atoms with E-state index in [2.05, 4.69) is 5.32 Å². The van der Waals surface area contributed by atoms with Gasteiger partial charge in [0.2, 0.25) is 15.9 Å². The number of carbonyl (C=O) groups excluding carboxylic acids is 1. The molecule has 0 unspecified atom stereocenters. The molecule has 0 saturated heterocycles. The van der Waals surface area contributed by atoms with Gasteiger partial charge in [-0.2, -0.15) is 0 Å². The van der Waals surface area contributed by atoms with Crippen molar-refractivity contribution in [2.75, 3.05) is 31.3 Å². The van der Waals surface area contributed by atoms with Crippen LogP contribution in [0.25, 0.3) is 0 Å². The van der Waals surface area contributed by atoms with Crippen LogP contribution in [0.5, 0.6) is 11.5 Å². The summed E-state index contributed by atoms with van der Waals surface area (Å²) in [6.45, 7) is 1.46. The van der Waals surface area contributed by atoms with Gasteiger partial charge in [-0.05, 0) is 24.6 Å². The number of hydrogen-bond acceptors (Lipinski definition) is 5. The summed E-state index contributed by atoms with van der Waals surface area (Å²) in [5.41, 5.74) is 1.16. The van der Waals surface area contributed by atoms with Gasteiger partial charge in [-0.15, -0.1) is 0 Å². The molecule has 7 nitrogen and oxygen atoms in total. The summed E-state index contributed by atoms with van der Waals surface area (Å²) in [6.07, 6.45) is 1.04. The van der Waals surface area contributed by atoms with Crippen molar-refractivity contribution in [3.05, 3.63) is 54.1 Å². The average Bonchev–Trinajstić information content (AvgIpc) is 2.65. The third kappa shape index (κ3) is 5.37. The summed E-state index contributed by atoms with van der Waals surface area (Å²) in [5, 5.41) is 2.82. The lowest BCUT2D eigenvalue weighted by Gasteiger charge is -2.25. The lowest BCUT2D eigenvalue weighted by molar-refractivity contribution is -0.120. The van der Waals surface area contributed by atoms with E-state index in [0.717, 1.165) is 16.1 Å². The third-order valence-electron chi connectivity index (χ3n) is 4.02. The van der Waals surface area contributed by atoms with E-state index in [4.69, 9.17) is 9.47 Å². The number of ether oxygens (including phenoxy) is 2. The van der Waals surface area contributed by atoms with Crippen LogP contribution in [0.4, 0.5) is 5.69 Å². The smallest absolute Gasteiger partial charge is 0.241 e. The van der Waals surface area contributed by atoms with Gasteiger partial charge >= 0.3 is 0 Å². The number of methoxy groups -OCH3 is 2. The molecule has 0 bridgehead atoms.